The summed E-state index contributed by atoms with van der Waals surface area (Å²) in [4.78, 5) is 33.0. The van der Waals surface area contributed by atoms with Gasteiger partial charge in [0.05, 0.1) is 39.9 Å². The predicted molar refractivity (Wildman–Crippen MR) is 187 cm³/mol. The Bertz CT molecular complexity index is 2010. The molecule has 3 aromatic rings. The van der Waals surface area contributed by atoms with Gasteiger partial charge in [0.25, 0.3) is 0 Å². The smallest absolute Gasteiger partial charge is 0.417 e. The van der Waals surface area contributed by atoms with E-state index in [1.807, 2.05) is 4.90 Å². The van der Waals surface area contributed by atoms with Gasteiger partial charge in [0.2, 0.25) is 5.88 Å². The number of aromatic nitrogens is 3. The zero-order valence-corrected chi connectivity index (χ0v) is 30.7. The molecule has 5 aliphatic heterocycles. The SMILES string of the molecule is Cc1c(Cl)c(N)cc(-c2nc3c4c(nc(OC[C@@]56CCCN5C[C@H](F)C6)nc4c2F)N2C[C@H]4CC[C@@H]([C@H]2[C@H](C)O3)N4C(=O)OC(C)(C)C)c1C(F)(F)F. The van der Waals surface area contributed by atoms with Crippen LogP contribution in [0.3, 0.4) is 0 Å². The number of nitrogen functional groups attached to an aromatic ring is 1. The van der Waals surface area contributed by atoms with Gasteiger partial charge in [-0.05, 0) is 78.5 Å². The van der Waals surface area contributed by atoms with Gasteiger partial charge in [-0.1, -0.05) is 11.6 Å². The number of anilines is 2. The molecule has 0 radical (unpaired) electrons. The van der Waals surface area contributed by atoms with Crippen molar-refractivity contribution in [2.24, 2.45) is 0 Å². The van der Waals surface area contributed by atoms with Gasteiger partial charge in [0.15, 0.2) is 5.82 Å². The van der Waals surface area contributed by atoms with Crippen LogP contribution in [0, 0.1) is 12.7 Å². The molecule has 1 amide bonds. The number of alkyl halides is 4. The van der Waals surface area contributed by atoms with Gasteiger partial charge in [0, 0.05) is 25.1 Å². The number of benzene rings is 1. The van der Waals surface area contributed by atoms with Gasteiger partial charge in [-0.2, -0.15) is 23.1 Å². The summed E-state index contributed by atoms with van der Waals surface area (Å²) in [5.74, 6) is -1.14. The Morgan fingerprint density at radius 1 is 1.17 bits per heavy atom. The van der Waals surface area contributed by atoms with Crippen molar-refractivity contribution in [2.45, 2.75) is 114 Å². The van der Waals surface area contributed by atoms with E-state index in [1.165, 1.54) is 0 Å². The molecule has 6 atom stereocenters. The van der Waals surface area contributed by atoms with Crippen LogP contribution in [0.5, 0.6) is 11.9 Å². The summed E-state index contributed by atoms with van der Waals surface area (Å²) in [5, 5.41) is -0.259. The van der Waals surface area contributed by atoms with E-state index in [1.54, 1.807) is 32.6 Å². The lowest BCUT2D eigenvalue weighted by Gasteiger charge is -2.48. The zero-order valence-electron chi connectivity index (χ0n) is 30.0. The van der Waals surface area contributed by atoms with E-state index in [0.717, 1.165) is 19.4 Å². The number of piperazine rings is 1. The highest BCUT2D eigenvalue weighted by molar-refractivity contribution is 6.34. The lowest BCUT2D eigenvalue weighted by atomic mass is 9.95. The van der Waals surface area contributed by atoms with Crippen molar-refractivity contribution in [1.82, 2.24) is 24.8 Å². The molecular weight excluding hydrogens is 725 g/mol. The number of nitrogens with two attached hydrogens (primary N) is 1. The topological polar surface area (TPSA) is 119 Å². The molecule has 8 rings (SSSR count). The number of carbonyl (C=O) groups excluding carboxylic acids is 1. The zero-order chi connectivity index (χ0) is 37.9. The maximum absolute atomic E-state index is 17.1. The van der Waals surface area contributed by atoms with Crippen LogP contribution < -0.4 is 20.1 Å². The lowest BCUT2D eigenvalue weighted by molar-refractivity contribution is -0.137. The minimum Gasteiger partial charge on any atom is -0.472 e. The highest BCUT2D eigenvalue weighted by atomic mass is 35.5. The van der Waals surface area contributed by atoms with Crippen LogP contribution in [0.1, 0.15) is 70.9 Å². The van der Waals surface area contributed by atoms with Crippen molar-refractivity contribution >= 4 is 40.1 Å². The average molecular weight is 766 g/mol. The second-order valence-electron chi connectivity index (χ2n) is 16.0. The number of pyridine rings is 1. The van der Waals surface area contributed by atoms with Gasteiger partial charge in [-0.15, -0.1) is 0 Å². The summed E-state index contributed by atoms with van der Waals surface area (Å²) >= 11 is 6.17. The standard InChI is InChI=1S/C36H41ClF5N7O4/c1-16-24(36(40,41)42)20(11-21(43)25(16)37)27-26(39)28-23-30(46-32(45-28)51-15-35-9-6-10-47(35)13-18(38)12-35)48-14-19-7-8-22(29(48)17(2)52-31(23)44-27)49(19)33(50)53-34(3,4)5/h11,17-19,22,29H,6-10,12-15,43H2,1-5H3/t17-,18+,19+,22-,29+,35-/m0/s1. The van der Waals surface area contributed by atoms with Crippen LogP contribution in [0.2, 0.25) is 5.02 Å². The third-order valence-electron chi connectivity index (χ3n) is 11.4. The molecule has 0 spiro atoms. The molecule has 11 nitrogen and oxygen atoms in total. The third-order valence-corrected chi connectivity index (χ3v) is 11.9. The van der Waals surface area contributed by atoms with E-state index in [9.17, 15) is 22.4 Å². The van der Waals surface area contributed by atoms with E-state index in [0.29, 0.717) is 25.8 Å². The molecule has 5 aliphatic rings. The molecule has 0 aliphatic carbocycles. The molecule has 4 saturated heterocycles. The van der Waals surface area contributed by atoms with Crippen LogP contribution in [-0.4, -0.2) is 98.6 Å². The second-order valence-corrected chi connectivity index (χ2v) is 16.4. The summed E-state index contributed by atoms with van der Waals surface area (Å²) in [5.41, 5.74) is 1.24. The van der Waals surface area contributed by atoms with Crippen molar-refractivity contribution in [3.8, 4) is 23.1 Å². The van der Waals surface area contributed by atoms with E-state index in [2.05, 4.69) is 14.9 Å². The fourth-order valence-corrected chi connectivity index (χ4v) is 9.43. The largest absolute Gasteiger partial charge is 0.472 e. The highest BCUT2D eigenvalue weighted by Crippen LogP contribution is 2.49. The van der Waals surface area contributed by atoms with Crippen molar-refractivity contribution < 1.29 is 41.0 Å². The van der Waals surface area contributed by atoms with Crippen molar-refractivity contribution in [2.75, 3.05) is 36.9 Å². The summed E-state index contributed by atoms with van der Waals surface area (Å²) in [6.07, 6.45) is -4.07. The van der Waals surface area contributed by atoms with Crippen LogP contribution in [0.4, 0.5) is 38.3 Å². The Balaban J connectivity index is 1.30. The maximum Gasteiger partial charge on any atom is 0.417 e. The average Bonchev–Trinajstić information content (AvgIpc) is 3.67. The molecule has 2 bridgehead atoms. The number of carbonyl (C=O) groups is 1. The Kier molecular flexibility index (Phi) is 8.37. The Morgan fingerprint density at radius 3 is 2.64 bits per heavy atom. The van der Waals surface area contributed by atoms with Gasteiger partial charge in [-0.25, -0.2) is 18.6 Å². The molecule has 53 heavy (non-hydrogen) atoms. The molecular formula is C36H41ClF5N7O4. The summed E-state index contributed by atoms with van der Waals surface area (Å²) < 4.78 is 94.2. The monoisotopic (exact) mass is 765 g/mol. The third kappa shape index (κ3) is 5.85. The Labute approximate surface area is 307 Å². The minimum atomic E-state index is -4.96. The van der Waals surface area contributed by atoms with Gasteiger partial charge >= 0.3 is 18.3 Å². The van der Waals surface area contributed by atoms with Crippen molar-refractivity contribution in [3.63, 3.8) is 0 Å². The molecule has 0 saturated carbocycles. The first kappa shape index (κ1) is 36.1. The summed E-state index contributed by atoms with van der Waals surface area (Å²) in [6.45, 7) is 9.60. The van der Waals surface area contributed by atoms with Crippen LogP contribution in [0.25, 0.3) is 22.2 Å². The van der Waals surface area contributed by atoms with E-state index in [4.69, 9.17) is 36.5 Å². The Morgan fingerprint density at radius 2 is 1.92 bits per heavy atom. The number of halogens is 6. The molecule has 2 N–H and O–H groups in total. The van der Waals surface area contributed by atoms with Crippen LogP contribution >= 0.6 is 11.6 Å². The molecule has 4 fully saturated rings. The maximum atomic E-state index is 17.1. The number of hydrogen-bond donors (Lipinski definition) is 1. The number of ether oxygens (including phenoxy) is 3. The number of amides is 1. The quantitative estimate of drug-likeness (QED) is 0.218. The summed E-state index contributed by atoms with van der Waals surface area (Å²) in [6, 6.07) is -0.516. The van der Waals surface area contributed by atoms with Gasteiger partial charge in [0.1, 0.15) is 46.9 Å². The fourth-order valence-electron chi connectivity index (χ4n) is 9.28. The number of rotatable bonds is 4. The minimum absolute atomic E-state index is 0.0317. The second kappa shape index (κ2) is 12.3. The normalized spacial score (nSPS) is 28.2. The van der Waals surface area contributed by atoms with Gasteiger partial charge < -0.3 is 24.8 Å². The van der Waals surface area contributed by atoms with Crippen molar-refractivity contribution in [3.05, 3.63) is 28.0 Å². The van der Waals surface area contributed by atoms with Crippen LogP contribution in [0.15, 0.2) is 6.07 Å². The molecule has 17 heteroatoms. The number of nitrogens with zero attached hydrogens (tertiary/aromatic N) is 6. The van der Waals surface area contributed by atoms with Crippen molar-refractivity contribution in [1.29, 1.82) is 0 Å². The van der Waals surface area contributed by atoms with E-state index < -0.39 is 70.4 Å². The molecule has 1 aromatic carbocycles. The molecule has 0 unspecified atom stereocenters. The molecule has 2 aromatic heterocycles. The highest BCUT2D eigenvalue weighted by Gasteiger charge is 2.54. The van der Waals surface area contributed by atoms with E-state index >= 15 is 4.39 Å². The van der Waals surface area contributed by atoms with Gasteiger partial charge in [-0.3, -0.25) is 9.80 Å². The number of fused-ring (bicyclic) bond motifs is 6. The molecule has 7 heterocycles. The predicted octanol–water partition coefficient (Wildman–Crippen LogP) is 7.09. The molecule has 286 valence electrons. The summed E-state index contributed by atoms with van der Waals surface area (Å²) in [7, 11) is 0. The fraction of sp³-hybridized carbons (Fsp3) is 0.611. The lowest BCUT2D eigenvalue weighted by Crippen LogP contribution is -2.65. The first-order chi connectivity index (χ1) is 24.9. The van der Waals surface area contributed by atoms with E-state index in [-0.39, 0.29) is 77.0 Å². The van der Waals surface area contributed by atoms with Crippen LogP contribution in [-0.2, 0) is 10.9 Å². The Hall–Kier alpha value is -3.92. The number of hydrogen-bond acceptors (Lipinski definition) is 10. The first-order valence-electron chi connectivity index (χ1n) is 17.9. The first-order valence-corrected chi connectivity index (χ1v) is 18.3.